The Labute approximate surface area is 102 Å². The summed E-state index contributed by atoms with van der Waals surface area (Å²) in [5.74, 6) is -0.651. The number of carbonyl (C=O) groups excluding carboxylic acids is 1. The molecular weight excluding hydrogens is 220 g/mol. The predicted molar refractivity (Wildman–Crippen MR) is 68.0 cm³/mol. The van der Waals surface area contributed by atoms with E-state index >= 15 is 0 Å². The molecule has 0 atom stereocenters. The van der Waals surface area contributed by atoms with Crippen LogP contribution in [-0.4, -0.2) is 30.1 Å². The van der Waals surface area contributed by atoms with Gasteiger partial charge in [0.1, 0.15) is 17.2 Å². The first-order valence-electron chi connectivity index (χ1n) is 5.97. The molecule has 0 fully saturated rings. The van der Waals surface area contributed by atoms with Crippen LogP contribution in [0.5, 0.6) is 0 Å². The molecule has 0 aromatic heterocycles. The van der Waals surface area contributed by atoms with Gasteiger partial charge in [0.25, 0.3) is 0 Å². The van der Waals surface area contributed by atoms with Gasteiger partial charge in [-0.3, -0.25) is 4.99 Å². The molecule has 0 aromatic carbocycles. The number of unbranched alkanes of at least 4 members (excludes halogenated alkanes) is 1. The summed E-state index contributed by atoms with van der Waals surface area (Å²) >= 11 is 0. The van der Waals surface area contributed by atoms with Crippen LogP contribution in [0.2, 0.25) is 0 Å². The van der Waals surface area contributed by atoms with Gasteiger partial charge in [0.05, 0.1) is 6.61 Å². The van der Waals surface area contributed by atoms with Crippen molar-refractivity contribution in [2.24, 2.45) is 10.7 Å². The Balaban J connectivity index is 4.94. The van der Waals surface area contributed by atoms with Crippen molar-refractivity contribution in [1.82, 2.24) is 0 Å². The minimum absolute atomic E-state index is 0.00884. The van der Waals surface area contributed by atoms with Crippen molar-refractivity contribution in [2.45, 2.75) is 40.0 Å². The van der Waals surface area contributed by atoms with E-state index in [0.29, 0.717) is 13.0 Å². The Hall–Kier alpha value is -1.52. The van der Waals surface area contributed by atoms with E-state index in [1.807, 2.05) is 6.92 Å². The first-order chi connectivity index (χ1) is 8.08. The second-order valence-electron chi connectivity index (χ2n) is 3.52. The van der Waals surface area contributed by atoms with E-state index in [0.717, 1.165) is 12.8 Å². The third-order valence-corrected chi connectivity index (χ3v) is 2.15. The summed E-state index contributed by atoms with van der Waals surface area (Å²) in [4.78, 5) is 15.7. The maximum absolute atomic E-state index is 11.6. The molecular formula is C12H22N2O3. The highest BCUT2D eigenvalue weighted by molar-refractivity contribution is 6.18. The molecule has 0 unspecified atom stereocenters. The quantitative estimate of drug-likeness (QED) is 0.178. The number of nitrogens with zero attached hydrogens (tertiary/aromatic N) is 1. The fourth-order valence-corrected chi connectivity index (χ4v) is 1.19. The van der Waals surface area contributed by atoms with Gasteiger partial charge in [-0.1, -0.05) is 20.3 Å². The Bertz CT molecular complexity index is 309. The summed E-state index contributed by atoms with van der Waals surface area (Å²) in [7, 11) is 0. The summed E-state index contributed by atoms with van der Waals surface area (Å²) in [6.45, 7) is 6.25. The second kappa shape index (κ2) is 8.61. The molecule has 98 valence electrons. The van der Waals surface area contributed by atoms with Gasteiger partial charge in [-0.15, -0.1) is 0 Å². The van der Waals surface area contributed by atoms with E-state index in [9.17, 15) is 9.90 Å². The zero-order valence-corrected chi connectivity index (χ0v) is 10.8. The van der Waals surface area contributed by atoms with Gasteiger partial charge >= 0.3 is 5.97 Å². The summed E-state index contributed by atoms with van der Waals surface area (Å²) in [6.07, 6.45) is 2.21. The first kappa shape index (κ1) is 15.5. The van der Waals surface area contributed by atoms with Crippen LogP contribution in [0.1, 0.15) is 40.0 Å². The van der Waals surface area contributed by atoms with Crippen molar-refractivity contribution >= 4 is 11.8 Å². The molecule has 0 saturated carbocycles. The van der Waals surface area contributed by atoms with E-state index in [-0.39, 0.29) is 23.8 Å². The first-order valence-corrected chi connectivity index (χ1v) is 5.97. The number of aliphatic imine (C=N–C) groups is 1. The Morgan fingerprint density at radius 2 is 2.00 bits per heavy atom. The van der Waals surface area contributed by atoms with Crippen molar-refractivity contribution in [3.8, 4) is 0 Å². The van der Waals surface area contributed by atoms with Crippen LogP contribution in [-0.2, 0) is 9.53 Å². The van der Waals surface area contributed by atoms with Gasteiger partial charge < -0.3 is 15.6 Å². The highest BCUT2D eigenvalue weighted by Gasteiger charge is 2.19. The topological polar surface area (TPSA) is 84.9 Å². The van der Waals surface area contributed by atoms with Crippen LogP contribution in [0.4, 0.5) is 0 Å². The number of aliphatic hydroxyl groups is 1. The average Bonchev–Trinajstić information content (AvgIpc) is 2.29. The fraction of sp³-hybridized carbons (Fsp3) is 0.667. The summed E-state index contributed by atoms with van der Waals surface area (Å²) < 4.78 is 4.84. The summed E-state index contributed by atoms with van der Waals surface area (Å²) in [6, 6.07) is 0. The number of esters is 1. The van der Waals surface area contributed by atoms with Crippen molar-refractivity contribution in [1.29, 1.82) is 0 Å². The van der Waals surface area contributed by atoms with Crippen molar-refractivity contribution in [2.75, 3.05) is 13.2 Å². The fourth-order valence-electron chi connectivity index (χ4n) is 1.19. The lowest BCUT2D eigenvalue weighted by molar-refractivity contribution is -0.138. The molecule has 0 spiro atoms. The van der Waals surface area contributed by atoms with Gasteiger partial charge in [-0.05, 0) is 13.3 Å². The summed E-state index contributed by atoms with van der Waals surface area (Å²) in [5.41, 5.74) is 5.69. The summed E-state index contributed by atoms with van der Waals surface area (Å²) in [5, 5.41) is 9.66. The molecule has 0 aliphatic rings. The molecule has 0 rings (SSSR count). The highest BCUT2D eigenvalue weighted by Crippen LogP contribution is 2.08. The number of hydrogen-bond donors (Lipinski definition) is 2. The van der Waals surface area contributed by atoms with Crippen LogP contribution < -0.4 is 5.73 Å². The molecule has 0 radical (unpaired) electrons. The van der Waals surface area contributed by atoms with Gasteiger partial charge in [-0.2, -0.15) is 0 Å². The maximum atomic E-state index is 11.6. The molecule has 5 heteroatoms. The zero-order valence-electron chi connectivity index (χ0n) is 10.8. The van der Waals surface area contributed by atoms with Gasteiger partial charge in [0.2, 0.25) is 0 Å². The second-order valence-corrected chi connectivity index (χ2v) is 3.52. The zero-order chi connectivity index (χ0) is 13.3. The minimum Gasteiger partial charge on any atom is -0.511 e. The highest BCUT2D eigenvalue weighted by atomic mass is 16.5. The van der Waals surface area contributed by atoms with Crippen LogP contribution in [0.3, 0.4) is 0 Å². The van der Waals surface area contributed by atoms with E-state index in [1.54, 1.807) is 13.8 Å². The molecule has 0 aliphatic heterocycles. The molecule has 0 aromatic rings. The van der Waals surface area contributed by atoms with Gasteiger partial charge in [0, 0.05) is 13.0 Å². The van der Waals surface area contributed by atoms with Crippen LogP contribution in [0.15, 0.2) is 16.3 Å². The van der Waals surface area contributed by atoms with E-state index in [1.165, 1.54) is 0 Å². The number of ether oxygens (including phenoxy) is 1. The van der Waals surface area contributed by atoms with Gasteiger partial charge in [0.15, 0.2) is 0 Å². The van der Waals surface area contributed by atoms with Gasteiger partial charge in [-0.25, -0.2) is 4.79 Å². The van der Waals surface area contributed by atoms with Crippen LogP contribution in [0, 0.1) is 0 Å². The van der Waals surface area contributed by atoms with E-state index in [4.69, 9.17) is 10.5 Å². The number of hydrogen-bond acceptors (Lipinski definition) is 4. The minimum atomic E-state index is -0.621. The Morgan fingerprint density at radius 1 is 1.35 bits per heavy atom. The number of rotatable bonds is 7. The lowest BCUT2D eigenvalue weighted by Gasteiger charge is -2.08. The lowest BCUT2D eigenvalue weighted by atomic mass is 10.1. The van der Waals surface area contributed by atoms with Crippen LogP contribution >= 0.6 is 0 Å². The molecule has 0 bridgehead atoms. The molecule has 0 amide bonds. The number of nitrogens with two attached hydrogens (primary N) is 1. The predicted octanol–water partition coefficient (Wildman–Crippen LogP) is 1.93. The third-order valence-electron chi connectivity index (χ3n) is 2.15. The van der Waals surface area contributed by atoms with Crippen molar-refractivity contribution in [3.63, 3.8) is 0 Å². The van der Waals surface area contributed by atoms with Crippen LogP contribution in [0.25, 0.3) is 0 Å². The molecule has 3 N–H and O–H groups in total. The number of carbonyl (C=O) groups is 1. The number of amidine groups is 1. The molecule has 17 heavy (non-hydrogen) atoms. The Morgan fingerprint density at radius 3 is 2.47 bits per heavy atom. The SMILES string of the molecule is CCCCN=C(N)/C(C(=O)OCC)=C(\O)CC. The average molecular weight is 242 g/mol. The molecule has 0 heterocycles. The number of aliphatic hydroxyl groups excluding tert-OH is 1. The molecule has 0 saturated heterocycles. The molecule has 5 nitrogen and oxygen atoms in total. The third kappa shape index (κ3) is 5.38. The standard InChI is InChI=1S/C12H22N2O3/c1-4-7-8-14-11(13)10(9(15)5-2)12(16)17-6-3/h15H,4-8H2,1-3H3,(H2,13,14)/b10-9+. The van der Waals surface area contributed by atoms with E-state index in [2.05, 4.69) is 4.99 Å². The smallest absolute Gasteiger partial charge is 0.345 e. The van der Waals surface area contributed by atoms with Crippen molar-refractivity contribution in [3.05, 3.63) is 11.3 Å². The number of allylic oxidation sites excluding steroid dienone is 1. The van der Waals surface area contributed by atoms with E-state index < -0.39 is 5.97 Å². The van der Waals surface area contributed by atoms with Crippen molar-refractivity contribution < 1.29 is 14.6 Å². The normalized spacial score (nSPS) is 13.2. The monoisotopic (exact) mass is 242 g/mol. The molecule has 0 aliphatic carbocycles. The lowest BCUT2D eigenvalue weighted by Crippen LogP contribution is -2.25. The Kier molecular flexibility index (Phi) is 7.84. The maximum Gasteiger partial charge on any atom is 0.345 e. The largest absolute Gasteiger partial charge is 0.511 e.